The van der Waals surface area contributed by atoms with E-state index in [0.29, 0.717) is 18.2 Å². The van der Waals surface area contributed by atoms with Gasteiger partial charge in [-0.15, -0.1) is 5.10 Å². The molecule has 0 aliphatic heterocycles. The molecule has 0 unspecified atom stereocenters. The van der Waals surface area contributed by atoms with Crippen LogP contribution >= 0.6 is 0 Å². The summed E-state index contributed by atoms with van der Waals surface area (Å²) in [6.45, 7) is 4.07. The van der Waals surface area contributed by atoms with Crippen molar-refractivity contribution >= 4 is 0 Å². The molecule has 1 aromatic rings. The van der Waals surface area contributed by atoms with Crippen LogP contribution in [0.1, 0.15) is 19.7 Å². The number of aromatic amines is 1. The lowest BCUT2D eigenvalue weighted by Gasteiger charge is -1.95. The Morgan fingerprint density at radius 1 is 1.70 bits per heavy atom. The maximum atomic E-state index is 10.4. The minimum absolute atomic E-state index is 0.464. The molecule has 1 N–H and O–H groups in total. The molecule has 0 fully saturated rings. The van der Waals surface area contributed by atoms with Crippen molar-refractivity contribution in [2.75, 3.05) is 0 Å². The Bertz CT molecular complexity index is 248. The molecule has 0 aliphatic rings. The monoisotopic (exact) mass is 142 g/mol. The molecule has 56 valence electrons. The average molecular weight is 142 g/mol. The molecule has 0 spiro atoms. The fraction of sp³-hybridized carbons (Fsp3) is 0.667. The lowest BCUT2D eigenvalue weighted by molar-refractivity contribution is 0.434. The first-order chi connectivity index (χ1) is 4.68. The summed E-state index contributed by atoms with van der Waals surface area (Å²) >= 11 is 0. The lowest BCUT2D eigenvalue weighted by atomic mass is 10.1. The Labute approximate surface area is 58.3 Å². The molecule has 1 rings (SSSR count). The number of nitrogens with zero attached hydrogens (tertiary/aromatic N) is 1. The van der Waals surface area contributed by atoms with Gasteiger partial charge >= 0.3 is 5.76 Å². The van der Waals surface area contributed by atoms with Crippen LogP contribution in [0.25, 0.3) is 0 Å². The average Bonchev–Trinajstić information content (AvgIpc) is 2.13. The standard InChI is InChI=1S/C6H10N2O2/c1-4(2)3-5-7-8-6(9)10-5/h4H,3H2,1-2H3,(H,8,9). The van der Waals surface area contributed by atoms with Gasteiger partial charge in [-0.1, -0.05) is 13.8 Å². The number of rotatable bonds is 2. The topological polar surface area (TPSA) is 58.9 Å². The predicted molar refractivity (Wildman–Crippen MR) is 35.7 cm³/mol. The predicted octanol–water partition coefficient (Wildman–Crippen LogP) is 0.561. The van der Waals surface area contributed by atoms with E-state index in [1.54, 1.807) is 0 Å². The van der Waals surface area contributed by atoms with Crippen LogP contribution in [0.15, 0.2) is 9.21 Å². The van der Waals surface area contributed by atoms with Crippen molar-refractivity contribution in [3.63, 3.8) is 0 Å². The quantitative estimate of drug-likeness (QED) is 0.656. The third kappa shape index (κ3) is 1.72. The van der Waals surface area contributed by atoms with Crippen molar-refractivity contribution in [3.05, 3.63) is 16.4 Å². The van der Waals surface area contributed by atoms with Gasteiger partial charge in [-0.2, -0.15) is 0 Å². The normalized spacial score (nSPS) is 10.7. The van der Waals surface area contributed by atoms with Crippen LogP contribution in [0, 0.1) is 5.92 Å². The summed E-state index contributed by atoms with van der Waals surface area (Å²) in [5.41, 5.74) is 0. The molecule has 1 aromatic heterocycles. The van der Waals surface area contributed by atoms with Crippen LogP contribution in [-0.4, -0.2) is 10.2 Å². The van der Waals surface area contributed by atoms with Crippen LogP contribution in [0.4, 0.5) is 0 Å². The van der Waals surface area contributed by atoms with Crippen molar-refractivity contribution in [2.24, 2.45) is 5.92 Å². The molecule has 0 aliphatic carbocycles. The summed E-state index contributed by atoms with van der Waals surface area (Å²) < 4.78 is 4.67. The SMILES string of the molecule is CC(C)Cc1n[nH]c(=O)o1. The van der Waals surface area contributed by atoms with Crippen LogP contribution in [0.2, 0.25) is 0 Å². The maximum Gasteiger partial charge on any atom is 0.434 e. The van der Waals surface area contributed by atoms with E-state index in [0.717, 1.165) is 0 Å². The fourth-order valence-corrected chi connectivity index (χ4v) is 0.697. The molecule has 4 heteroatoms. The smallest absolute Gasteiger partial charge is 0.392 e. The minimum Gasteiger partial charge on any atom is -0.392 e. The van der Waals surface area contributed by atoms with Gasteiger partial charge in [0.2, 0.25) is 5.89 Å². The van der Waals surface area contributed by atoms with Gasteiger partial charge in [-0.05, 0) is 5.92 Å². The Morgan fingerprint density at radius 2 is 2.40 bits per heavy atom. The first-order valence-electron chi connectivity index (χ1n) is 3.23. The second kappa shape index (κ2) is 2.68. The third-order valence-corrected chi connectivity index (χ3v) is 1.07. The molecule has 0 amide bonds. The summed E-state index contributed by atoms with van der Waals surface area (Å²) in [7, 11) is 0. The van der Waals surface area contributed by atoms with E-state index in [1.165, 1.54) is 0 Å². The van der Waals surface area contributed by atoms with Crippen molar-refractivity contribution in [3.8, 4) is 0 Å². The molecule has 1 heterocycles. The lowest BCUT2D eigenvalue weighted by Crippen LogP contribution is -1.94. The van der Waals surface area contributed by atoms with E-state index in [4.69, 9.17) is 0 Å². The van der Waals surface area contributed by atoms with Crippen LogP contribution < -0.4 is 5.76 Å². The first-order valence-corrected chi connectivity index (χ1v) is 3.23. The van der Waals surface area contributed by atoms with E-state index < -0.39 is 5.76 Å². The highest BCUT2D eigenvalue weighted by Gasteiger charge is 2.02. The second-order valence-electron chi connectivity index (χ2n) is 2.60. The molecule has 10 heavy (non-hydrogen) atoms. The summed E-state index contributed by atoms with van der Waals surface area (Å²) in [6.07, 6.45) is 0.707. The van der Waals surface area contributed by atoms with Gasteiger partial charge in [0, 0.05) is 6.42 Å². The second-order valence-corrected chi connectivity index (χ2v) is 2.60. The van der Waals surface area contributed by atoms with Gasteiger partial charge in [0.15, 0.2) is 0 Å². The molecule has 0 atom stereocenters. The number of hydrogen-bond acceptors (Lipinski definition) is 3. The van der Waals surface area contributed by atoms with Crippen LogP contribution in [0.3, 0.4) is 0 Å². The van der Waals surface area contributed by atoms with E-state index in [-0.39, 0.29) is 0 Å². The third-order valence-electron chi connectivity index (χ3n) is 1.07. The summed E-state index contributed by atoms with van der Waals surface area (Å²) in [4.78, 5) is 10.4. The Morgan fingerprint density at radius 3 is 2.80 bits per heavy atom. The Hall–Kier alpha value is -1.06. The molecule has 0 bridgehead atoms. The Balaban J connectivity index is 2.67. The largest absolute Gasteiger partial charge is 0.434 e. The zero-order valence-electron chi connectivity index (χ0n) is 6.05. The first kappa shape index (κ1) is 7.05. The highest BCUT2D eigenvalue weighted by atomic mass is 16.4. The molecular weight excluding hydrogens is 132 g/mol. The van der Waals surface area contributed by atoms with E-state index >= 15 is 0 Å². The zero-order chi connectivity index (χ0) is 7.56. The minimum atomic E-state index is -0.476. The number of hydrogen-bond donors (Lipinski definition) is 1. The Kier molecular flexibility index (Phi) is 1.89. The number of aromatic nitrogens is 2. The highest BCUT2D eigenvalue weighted by molar-refractivity contribution is 4.74. The molecule has 4 nitrogen and oxygen atoms in total. The molecular formula is C6H10N2O2. The van der Waals surface area contributed by atoms with Crippen LogP contribution in [0.5, 0.6) is 0 Å². The molecule has 0 aromatic carbocycles. The van der Waals surface area contributed by atoms with Crippen molar-refractivity contribution in [1.29, 1.82) is 0 Å². The highest BCUT2D eigenvalue weighted by Crippen LogP contribution is 2.00. The molecule has 0 radical (unpaired) electrons. The van der Waals surface area contributed by atoms with Crippen molar-refractivity contribution in [1.82, 2.24) is 10.2 Å². The summed E-state index contributed by atoms with van der Waals surface area (Å²) in [6, 6.07) is 0. The van der Waals surface area contributed by atoms with E-state index in [1.807, 2.05) is 13.8 Å². The van der Waals surface area contributed by atoms with Gasteiger partial charge in [-0.25, -0.2) is 9.89 Å². The van der Waals surface area contributed by atoms with Crippen molar-refractivity contribution < 1.29 is 4.42 Å². The fourth-order valence-electron chi connectivity index (χ4n) is 0.697. The van der Waals surface area contributed by atoms with Crippen LogP contribution in [-0.2, 0) is 6.42 Å². The molecule has 0 saturated carbocycles. The van der Waals surface area contributed by atoms with Crippen molar-refractivity contribution in [2.45, 2.75) is 20.3 Å². The van der Waals surface area contributed by atoms with Gasteiger partial charge in [-0.3, -0.25) is 0 Å². The van der Waals surface area contributed by atoms with Gasteiger partial charge in [0.25, 0.3) is 0 Å². The van der Waals surface area contributed by atoms with E-state index in [9.17, 15) is 4.79 Å². The van der Waals surface area contributed by atoms with Gasteiger partial charge < -0.3 is 4.42 Å². The zero-order valence-corrected chi connectivity index (χ0v) is 6.05. The molecule has 0 saturated heterocycles. The van der Waals surface area contributed by atoms with Gasteiger partial charge in [0.1, 0.15) is 0 Å². The van der Waals surface area contributed by atoms with E-state index in [2.05, 4.69) is 14.6 Å². The summed E-state index contributed by atoms with van der Waals surface area (Å²) in [5, 5.41) is 5.85. The summed E-state index contributed by atoms with van der Waals surface area (Å²) in [5.74, 6) is 0.474. The number of nitrogens with one attached hydrogen (secondary N) is 1. The number of H-pyrrole nitrogens is 1. The van der Waals surface area contributed by atoms with Gasteiger partial charge in [0.05, 0.1) is 0 Å². The maximum absolute atomic E-state index is 10.4.